The average Bonchev–Trinajstić information content (AvgIpc) is 3.41. The molecular weight excluding hydrogens is 462 g/mol. The van der Waals surface area contributed by atoms with E-state index in [-0.39, 0.29) is 34.5 Å². The topological polar surface area (TPSA) is 95.3 Å². The number of para-hydroxylation sites is 1. The van der Waals surface area contributed by atoms with Crippen LogP contribution in [0.4, 0.5) is 4.79 Å². The molecule has 0 saturated carbocycles. The highest BCUT2D eigenvalue weighted by Crippen LogP contribution is 2.26. The van der Waals surface area contributed by atoms with Crippen LogP contribution >= 0.6 is 0 Å². The Hall–Kier alpha value is -4.59. The molecule has 0 radical (unpaired) electrons. The van der Waals surface area contributed by atoms with Gasteiger partial charge in [-0.25, -0.2) is 9.59 Å². The van der Waals surface area contributed by atoms with Gasteiger partial charge in [0, 0.05) is 12.6 Å². The van der Waals surface area contributed by atoms with Crippen LogP contribution in [0.25, 0.3) is 11.0 Å². The summed E-state index contributed by atoms with van der Waals surface area (Å²) in [5, 5.41) is 0.287. The van der Waals surface area contributed by atoms with Crippen LogP contribution in [0.3, 0.4) is 0 Å². The lowest BCUT2D eigenvalue weighted by molar-refractivity contribution is -0.139. The molecule has 8 nitrogen and oxygen atoms in total. The van der Waals surface area contributed by atoms with Gasteiger partial charge in [-0.2, -0.15) is 0 Å². The number of rotatable bonds is 6. The van der Waals surface area contributed by atoms with Crippen molar-refractivity contribution in [3.8, 4) is 17.2 Å². The third-order valence-corrected chi connectivity index (χ3v) is 5.87. The van der Waals surface area contributed by atoms with Gasteiger partial charge in [0.2, 0.25) is 11.2 Å². The van der Waals surface area contributed by atoms with E-state index >= 15 is 0 Å². The molecule has 1 saturated heterocycles. The first kappa shape index (κ1) is 23.2. The first-order valence-corrected chi connectivity index (χ1v) is 11.6. The fraction of sp³-hybridized carbons (Fsp3) is 0.179. The molecule has 0 spiro atoms. The lowest BCUT2D eigenvalue weighted by Gasteiger charge is -2.22. The summed E-state index contributed by atoms with van der Waals surface area (Å²) < 4.78 is 22.1. The summed E-state index contributed by atoms with van der Waals surface area (Å²) in [5.74, 6) is 0.193. The molecule has 1 amide bonds. The molecule has 0 aliphatic carbocycles. The number of carbonyl (C=O) groups excluding carboxylic acids is 2. The minimum atomic E-state index is -0.752. The standard InChI is InChI=1S/C28H23NO7/c30-26-22-14-13-21(16-24(22)33-18-25(26)35-20-10-5-2-6-11-20)36-27(31)23-12-7-15-29(23)28(32)34-17-19-8-3-1-4-9-19/h1-6,8-11,13-14,16,18,23H,7,12,15,17H2. The minimum absolute atomic E-state index is 0.0501. The highest BCUT2D eigenvalue weighted by atomic mass is 16.6. The zero-order valence-electron chi connectivity index (χ0n) is 19.3. The third-order valence-electron chi connectivity index (χ3n) is 5.87. The first-order chi connectivity index (χ1) is 17.6. The number of hydrogen-bond donors (Lipinski definition) is 0. The molecule has 1 aromatic heterocycles. The summed E-state index contributed by atoms with van der Waals surface area (Å²) in [6, 6.07) is 22.0. The lowest BCUT2D eigenvalue weighted by atomic mass is 10.2. The molecular formula is C28H23NO7. The van der Waals surface area contributed by atoms with Gasteiger partial charge in [-0.1, -0.05) is 48.5 Å². The Morgan fingerprint density at radius 3 is 2.47 bits per heavy atom. The van der Waals surface area contributed by atoms with Crippen LogP contribution in [-0.2, 0) is 16.1 Å². The maximum atomic E-state index is 12.9. The highest BCUT2D eigenvalue weighted by molar-refractivity contribution is 5.85. The highest BCUT2D eigenvalue weighted by Gasteiger charge is 2.36. The fourth-order valence-corrected chi connectivity index (χ4v) is 4.06. The van der Waals surface area contributed by atoms with E-state index in [0.29, 0.717) is 25.1 Å². The third kappa shape index (κ3) is 5.07. The first-order valence-electron chi connectivity index (χ1n) is 11.6. The van der Waals surface area contributed by atoms with Crippen LogP contribution in [0.2, 0.25) is 0 Å². The van der Waals surface area contributed by atoms with Crippen LogP contribution in [-0.4, -0.2) is 29.5 Å². The van der Waals surface area contributed by atoms with Gasteiger partial charge in [0.05, 0.1) is 5.39 Å². The van der Waals surface area contributed by atoms with Gasteiger partial charge in [-0.15, -0.1) is 0 Å². The Bertz CT molecular complexity index is 1430. The van der Waals surface area contributed by atoms with E-state index in [4.69, 9.17) is 18.6 Å². The molecule has 4 aromatic rings. The van der Waals surface area contributed by atoms with Crippen molar-refractivity contribution in [1.29, 1.82) is 0 Å². The van der Waals surface area contributed by atoms with Gasteiger partial charge in [0.15, 0.2) is 0 Å². The van der Waals surface area contributed by atoms with Crippen LogP contribution in [0, 0.1) is 0 Å². The summed E-state index contributed by atoms with van der Waals surface area (Å²) in [4.78, 5) is 39.7. The summed E-state index contributed by atoms with van der Waals surface area (Å²) >= 11 is 0. The van der Waals surface area contributed by atoms with Crippen molar-refractivity contribution in [1.82, 2.24) is 4.90 Å². The van der Waals surface area contributed by atoms with E-state index in [0.717, 1.165) is 5.56 Å². The fourth-order valence-electron chi connectivity index (χ4n) is 4.06. The molecule has 3 aromatic carbocycles. The number of likely N-dealkylation sites (tertiary alicyclic amines) is 1. The molecule has 182 valence electrons. The van der Waals surface area contributed by atoms with Gasteiger partial charge in [-0.3, -0.25) is 9.69 Å². The second-order valence-electron chi connectivity index (χ2n) is 8.31. The maximum absolute atomic E-state index is 12.9. The van der Waals surface area contributed by atoms with Crippen molar-refractivity contribution in [2.45, 2.75) is 25.5 Å². The molecule has 1 unspecified atom stereocenters. The van der Waals surface area contributed by atoms with E-state index in [1.165, 1.54) is 29.4 Å². The monoisotopic (exact) mass is 485 g/mol. The van der Waals surface area contributed by atoms with E-state index < -0.39 is 18.1 Å². The number of carbonyl (C=O) groups is 2. The van der Waals surface area contributed by atoms with Gasteiger partial charge in [-0.05, 0) is 42.7 Å². The van der Waals surface area contributed by atoms with Gasteiger partial charge in [0.1, 0.15) is 36.0 Å². The van der Waals surface area contributed by atoms with Crippen molar-refractivity contribution in [3.05, 3.63) is 101 Å². The molecule has 5 rings (SSSR count). The molecule has 8 heteroatoms. The van der Waals surface area contributed by atoms with E-state index in [1.807, 2.05) is 36.4 Å². The molecule has 0 N–H and O–H groups in total. The number of nitrogens with zero attached hydrogens (tertiary/aromatic N) is 1. The SMILES string of the molecule is O=C(Oc1ccc2c(=O)c(Oc3ccccc3)coc2c1)C1CCCN1C(=O)OCc1ccccc1. The van der Waals surface area contributed by atoms with E-state index in [1.54, 1.807) is 24.3 Å². The Balaban J connectivity index is 1.26. The Morgan fingerprint density at radius 1 is 0.944 bits per heavy atom. The molecule has 2 heterocycles. The summed E-state index contributed by atoms with van der Waals surface area (Å²) in [6.07, 6.45) is 1.80. The van der Waals surface area contributed by atoms with Gasteiger partial charge < -0.3 is 18.6 Å². The number of fused-ring (bicyclic) bond motifs is 1. The van der Waals surface area contributed by atoms with Crippen molar-refractivity contribution >= 4 is 23.0 Å². The second-order valence-corrected chi connectivity index (χ2v) is 8.31. The second kappa shape index (κ2) is 10.4. The van der Waals surface area contributed by atoms with Gasteiger partial charge >= 0.3 is 12.1 Å². The minimum Gasteiger partial charge on any atom is -0.460 e. The van der Waals surface area contributed by atoms with Crippen molar-refractivity contribution in [2.75, 3.05) is 6.54 Å². The predicted octanol–water partition coefficient (Wildman–Crippen LogP) is 5.29. The summed E-state index contributed by atoms with van der Waals surface area (Å²) in [6.45, 7) is 0.530. The summed E-state index contributed by atoms with van der Waals surface area (Å²) in [7, 11) is 0. The van der Waals surface area contributed by atoms with Crippen LogP contribution < -0.4 is 14.9 Å². The molecule has 0 bridgehead atoms. The zero-order chi connectivity index (χ0) is 24.9. The molecule has 1 aliphatic heterocycles. The average molecular weight is 485 g/mol. The number of amides is 1. The Morgan fingerprint density at radius 2 is 1.69 bits per heavy atom. The smallest absolute Gasteiger partial charge is 0.410 e. The van der Waals surface area contributed by atoms with Crippen molar-refractivity contribution in [2.24, 2.45) is 0 Å². The zero-order valence-corrected chi connectivity index (χ0v) is 19.3. The normalized spacial score (nSPS) is 15.0. The molecule has 1 aliphatic rings. The quantitative estimate of drug-likeness (QED) is 0.270. The van der Waals surface area contributed by atoms with Crippen LogP contribution in [0.5, 0.6) is 17.2 Å². The Kier molecular flexibility index (Phi) is 6.66. The number of hydrogen-bond acceptors (Lipinski definition) is 7. The summed E-state index contributed by atoms with van der Waals surface area (Å²) in [5.41, 5.74) is 0.761. The molecule has 36 heavy (non-hydrogen) atoms. The lowest BCUT2D eigenvalue weighted by Crippen LogP contribution is -2.42. The van der Waals surface area contributed by atoms with Crippen LogP contribution in [0.1, 0.15) is 18.4 Å². The predicted molar refractivity (Wildman–Crippen MR) is 131 cm³/mol. The van der Waals surface area contributed by atoms with Crippen molar-refractivity contribution < 1.29 is 28.2 Å². The van der Waals surface area contributed by atoms with E-state index in [9.17, 15) is 14.4 Å². The number of benzene rings is 3. The van der Waals surface area contributed by atoms with Gasteiger partial charge in [0.25, 0.3) is 0 Å². The van der Waals surface area contributed by atoms with E-state index in [2.05, 4.69) is 0 Å². The largest absolute Gasteiger partial charge is 0.460 e. The molecule has 1 fully saturated rings. The van der Waals surface area contributed by atoms with Crippen molar-refractivity contribution in [3.63, 3.8) is 0 Å². The Labute approximate surface area is 206 Å². The maximum Gasteiger partial charge on any atom is 0.410 e. The van der Waals surface area contributed by atoms with Crippen LogP contribution in [0.15, 0.2) is 94.3 Å². The molecule has 1 atom stereocenters. The number of ether oxygens (including phenoxy) is 3. The number of esters is 1.